The summed E-state index contributed by atoms with van der Waals surface area (Å²) in [4.78, 5) is 34.2. The number of hydrogen-bond donors (Lipinski definition) is 1. The van der Waals surface area contributed by atoms with Gasteiger partial charge in [-0.1, -0.05) is 24.1 Å². The van der Waals surface area contributed by atoms with Gasteiger partial charge in [0.25, 0.3) is 5.91 Å². The highest BCUT2D eigenvalue weighted by Gasteiger charge is 2.44. The number of hydrogen-bond acceptors (Lipinski definition) is 6. The number of fused-ring (bicyclic) bond motifs is 2. The number of anilines is 1. The molecule has 0 radical (unpaired) electrons. The molecule has 216 valence electrons. The molecule has 6 rings (SSSR count). The van der Waals surface area contributed by atoms with Crippen molar-refractivity contribution in [2.24, 2.45) is 17.8 Å². The van der Waals surface area contributed by atoms with Gasteiger partial charge in [-0.3, -0.25) is 9.59 Å². The maximum Gasteiger partial charge on any atom is 0.307 e. The summed E-state index contributed by atoms with van der Waals surface area (Å²) in [6.07, 6.45) is 6.45. The number of carboxylic acid groups (broad SMARTS) is 1. The zero-order chi connectivity index (χ0) is 28.5. The Morgan fingerprint density at radius 2 is 1.76 bits per heavy atom. The Kier molecular flexibility index (Phi) is 8.02. The fourth-order valence-electron chi connectivity index (χ4n) is 6.93. The van der Waals surface area contributed by atoms with E-state index in [1.54, 1.807) is 11.3 Å². The Bertz CT molecular complexity index is 1420. The van der Waals surface area contributed by atoms with Crippen LogP contribution in [-0.4, -0.2) is 53.0 Å². The third-order valence-electron chi connectivity index (χ3n) is 9.15. The van der Waals surface area contributed by atoms with Crippen LogP contribution in [0.2, 0.25) is 0 Å². The highest BCUT2D eigenvalue weighted by Crippen LogP contribution is 2.43. The van der Waals surface area contributed by atoms with E-state index in [0.29, 0.717) is 6.61 Å². The number of likely N-dealkylation sites (tertiary alicyclic amines) is 1. The zero-order valence-corrected chi connectivity index (χ0v) is 24.8. The van der Waals surface area contributed by atoms with Crippen molar-refractivity contribution in [2.75, 3.05) is 31.1 Å². The van der Waals surface area contributed by atoms with Crippen LogP contribution in [-0.2, 0) is 11.4 Å². The molecule has 3 heterocycles. The lowest BCUT2D eigenvalue weighted by Crippen LogP contribution is -2.51. The van der Waals surface area contributed by atoms with Gasteiger partial charge in [-0.05, 0) is 93.2 Å². The van der Waals surface area contributed by atoms with E-state index in [1.165, 1.54) is 6.42 Å². The van der Waals surface area contributed by atoms with Crippen molar-refractivity contribution in [1.29, 1.82) is 0 Å². The van der Waals surface area contributed by atoms with Gasteiger partial charge in [0, 0.05) is 42.7 Å². The van der Waals surface area contributed by atoms with E-state index >= 15 is 0 Å². The van der Waals surface area contributed by atoms with Crippen molar-refractivity contribution in [1.82, 2.24) is 9.88 Å². The molecule has 2 bridgehead atoms. The number of aryl methyl sites for hydroxylation is 2. The number of piperidine rings is 2. The lowest BCUT2D eigenvalue weighted by Gasteiger charge is -2.45. The van der Waals surface area contributed by atoms with Crippen LogP contribution in [0.1, 0.15) is 65.6 Å². The molecule has 0 unspecified atom stereocenters. The van der Waals surface area contributed by atoms with Crippen molar-refractivity contribution < 1.29 is 19.4 Å². The molecule has 1 aliphatic carbocycles. The minimum absolute atomic E-state index is 0.122. The van der Waals surface area contributed by atoms with E-state index in [2.05, 4.69) is 29.3 Å². The molecule has 2 atom stereocenters. The summed E-state index contributed by atoms with van der Waals surface area (Å²) in [7, 11) is 0. The van der Waals surface area contributed by atoms with Gasteiger partial charge in [0.15, 0.2) is 5.13 Å². The summed E-state index contributed by atoms with van der Waals surface area (Å²) in [5.74, 6) is 0.416. The molecule has 1 aromatic heterocycles. The number of carbonyl (C=O) groups excluding carboxylic acids is 1. The first-order valence-electron chi connectivity index (χ1n) is 14.9. The second kappa shape index (κ2) is 11.8. The third-order valence-corrected chi connectivity index (χ3v) is 10.1. The van der Waals surface area contributed by atoms with Gasteiger partial charge in [-0.2, -0.15) is 0 Å². The molecule has 0 spiro atoms. The molecule has 1 saturated carbocycles. The van der Waals surface area contributed by atoms with Crippen LogP contribution in [0.5, 0.6) is 5.75 Å². The molecule has 8 heteroatoms. The summed E-state index contributed by atoms with van der Waals surface area (Å²) in [5.41, 5.74) is 5.83. The molecule has 2 saturated heterocycles. The van der Waals surface area contributed by atoms with Gasteiger partial charge in [0.2, 0.25) is 0 Å². The molecule has 41 heavy (non-hydrogen) atoms. The molecule has 1 amide bonds. The minimum Gasteiger partial charge on any atom is -0.488 e. The summed E-state index contributed by atoms with van der Waals surface area (Å²) < 4.78 is 6.38. The lowest BCUT2D eigenvalue weighted by atomic mass is 9.69. The maximum atomic E-state index is 13.0. The summed E-state index contributed by atoms with van der Waals surface area (Å²) in [6.45, 7) is 7.72. The SMILES string of the molecule is Cc1ccc(OCc2ccc(C(=O)N3CCCCC3)cc2C)c(-c2csc(N3C[C@@H]4CCC[C@@H](C3)C4C(=O)O)n2)c1. The van der Waals surface area contributed by atoms with Crippen molar-refractivity contribution in [3.8, 4) is 17.0 Å². The van der Waals surface area contributed by atoms with Crippen molar-refractivity contribution >= 4 is 28.3 Å². The van der Waals surface area contributed by atoms with E-state index in [1.807, 2.05) is 36.1 Å². The van der Waals surface area contributed by atoms with Crippen LogP contribution in [0, 0.1) is 31.6 Å². The van der Waals surface area contributed by atoms with Crippen molar-refractivity contribution in [3.63, 3.8) is 0 Å². The van der Waals surface area contributed by atoms with E-state index in [9.17, 15) is 14.7 Å². The largest absolute Gasteiger partial charge is 0.488 e. The number of amides is 1. The fourth-order valence-corrected chi connectivity index (χ4v) is 7.77. The molecule has 2 aliphatic heterocycles. The number of rotatable bonds is 7. The van der Waals surface area contributed by atoms with Gasteiger partial charge >= 0.3 is 5.97 Å². The van der Waals surface area contributed by atoms with E-state index in [4.69, 9.17) is 9.72 Å². The van der Waals surface area contributed by atoms with Crippen LogP contribution in [0.15, 0.2) is 41.8 Å². The number of thiazole rings is 1. The molecular weight excluding hydrogens is 534 g/mol. The highest BCUT2D eigenvalue weighted by atomic mass is 32.1. The normalized spacial score (nSPS) is 22.4. The highest BCUT2D eigenvalue weighted by molar-refractivity contribution is 7.14. The monoisotopic (exact) mass is 573 g/mol. The van der Waals surface area contributed by atoms with E-state index < -0.39 is 5.97 Å². The molecule has 3 fully saturated rings. The number of nitrogens with zero attached hydrogens (tertiary/aromatic N) is 3. The number of benzene rings is 2. The van der Waals surface area contributed by atoms with Crippen LogP contribution in [0.4, 0.5) is 5.13 Å². The third kappa shape index (κ3) is 5.85. The summed E-state index contributed by atoms with van der Waals surface area (Å²) in [5, 5.41) is 12.8. The van der Waals surface area contributed by atoms with Crippen LogP contribution >= 0.6 is 11.3 Å². The van der Waals surface area contributed by atoms with Gasteiger partial charge in [0.1, 0.15) is 12.4 Å². The lowest BCUT2D eigenvalue weighted by molar-refractivity contribution is -0.148. The first-order chi connectivity index (χ1) is 19.9. The minimum atomic E-state index is -0.640. The van der Waals surface area contributed by atoms with E-state index in [0.717, 1.165) is 103 Å². The predicted octanol–water partition coefficient (Wildman–Crippen LogP) is 6.57. The average Bonchev–Trinajstić information content (AvgIpc) is 3.46. The van der Waals surface area contributed by atoms with E-state index in [-0.39, 0.29) is 23.7 Å². The summed E-state index contributed by atoms with van der Waals surface area (Å²) >= 11 is 1.62. The van der Waals surface area contributed by atoms with Crippen molar-refractivity contribution in [2.45, 2.75) is 59.0 Å². The van der Waals surface area contributed by atoms with Gasteiger partial charge < -0.3 is 19.6 Å². The van der Waals surface area contributed by atoms with Gasteiger partial charge in [-0.15, -0.1) is 11.3 Å². The Hall–Kier alpha value is -3.39. The predicted molar refractivity (Wildman–Crippen MR) is 162 cm³/mol. The number of carbonyl (C=O) groups is 2. The fraction of sp³-hybridized carbons (Fsp3) is 0.485. The smallest absolute Gasteiger partial charge is 0.307 e. The second-order valence-corrected chi connectivity index (χ2v) is 12.9. The number of ether oxygens (including phenoxy) is 1. The average molecular weight is 574 g/mol. The first kappa shape index (κ1) is 27.8. The second-order valence-electron chi connectivity index (χ2n) is 12.0. The Morgan fingerprint density at radius 1 is 1.00 bits per heavy atom. The Balaban J connectivity index is 1.16. The van der Waals surface area contributed by atoms with Crippen LogP contribution < -0.4 is 9.64 Å². The number of aromatic nitrogens is 1. The van der Waals surface area contributed by atoms with Crippen molar-refractivity contribution in [3.05, 3.63) is 64.0 Å². The topological polar surface area (TPSA) is 83.0 Å². The molecule has 7 nitrogen and oxygen atoms in total. The van der Waals surface area contributed by atoms with Gasteiger partial charge in [-0.25, -0.2) is 4.98 Å². The quantitative estimate of drug-likeness (QED) is 0.344. The number of carboxylic acids is 1. The molecule has 1 N–H and O–H groups in total. The van der Waals surface area contributed by atoms with Gasteiger partial charge in [0.05, 0.1) is 11.6 Å². The van der Waals surface area contributed by atoms with Crippen LogP contribution in [0.25, 0.3) is 11.3 Å². The first-order valence-corrected chi connectivity index (χ1v) is 15.8. The zero-order valence-electron chi connectivity index (χ0n) is 24.0. The Morgan fingerprint density at radius 3 is 2.46 bits per heavy atom. The molecule has 2 aromatic carbocycles. The number of aliphatic carboxylic acids is 1. The maximum absolute atomic E-state index is 13.0. The molecular formula is C33H39N3O4S. The standard InChI is InChI=1S/C33H39N3O4S/c1-21-9-12-29(40-19-26-11-10-23(16-22(26)2)31(37)35-13-4-3-5-14-35)27(15-21)28-20-41-33(34-28)36-17-24-7-6-8-25(18-36)30(24)32(38)39/h9-12,15-16,20,24-25,30H,3-8,13-14,17-19H2,1-2H3,(H,38,39)/t24-,25-/m0/s1. The summed E-state index contributed by atoms with van der Waals surface area (Å²) in [6, 6.07) is 12.1. The van der Waals surface area contributed by atoms with Crippen LogP contribution in [0.3, 0.4) is 0 Å². The Labute approximate surface area is 246 Å². The molecule has 3 aliphatic rings. The molecule has 3 aromatic rings.